The predicted octanol–water partition coefficient (Wildman–Crippen LogP) is 3.73. The second-order valence-electron chi connectivity index (χ2n) is 7.16. The molecule has 1 atom stereocenters. The lowest BCUT2D eigenvalue weighted by Gasteiger charge is -2.18. The van der Waals surface area contributed by atoms with Gasteiger partial charge in [-0.15, -0.1) is 0 Å². The zero-order chi connectivity index (χ0) is 19.5. The maximum atomic E-state index is 12.7. The monoisotopic (exact) mass is 372 g/mol. The first-order chi connectivity index (χ1) is 13.6. The predicted molar refractivity (Wildman–Crippen MR) is 115 cm³/mol. The number of nitrogens with two attached hydrogens (primary N) is 2. The molecule has 0 radical (unpaired) electrons. The number of hydrogen-bond acceptors (Lipinski definition) is 4. The summed E-state index contributed by atoms with van der Waals surface area (Å²) in [5, 5.41) is 2.94. The van der Waals surface area contributed by atoms with E-state index in [4.69, 9.17) is 11.5 Å². The zero-order valence-corrected chi connectivity index (χ0v) is 15.6. The number of carbonyl (C=O) groups is 1. The molecular formula is C23H24N4O. The van der Waals surface area contributed by atoms with Crippen LogP contribution < -0.4 is 21.7 Å². The van der Waals surface area contributed by atoms with Crippen LogP contribution in [0, 0.1) is 0 Å². The molecule has 0 bridgehead atoms. The Bertz CT molecular complexity index is 970. The van der Waals surface area contributed by atoms with E-state index in [1.807, 2.05) is 72.8 Å². The SMILES string of the molecule is Nc1ccc(-c2ccccc2)cc1NC(=O)c1ccc(N2CC[C@@H](N)C2)cc1. The van der Waals surface area contributed by atoms with Gasteiger partial charge in [-0.05, 0) is 53.9 Å². The minimum Gasteiger partial charge on any atom is -0.397 e. The van der Waals surface area contributed by atoms with Crippen LogP contribution in [0.4, 0.5) is 17.1 Å². The summed E-state index contributed by atoms with van der Waals surface area (Å²) >= 11 is 0. The minimum atomic E-state index is -0.179. The maximum absolute atomic E-state index is 12.7. The molecule has 4 rings (SSSR count). The van der Waals surface area contributed by atoms with E-state index in [-0.39, 0.29) is 11.9 Å². The highest BCUT2D eigenvalue weighted by Gasteiger charge is 2.19. The molecule has 0 aromatic heterocycles. The number of hydrogen-bond donors (Lipinski definition) is 3. The first-order valence-electron chi connectivity index (χ1n) is 9.47. The summed E-state index contributed by atoms with van der Waals surface area (Å²) in [7, 11) is 0. The van der Waals surface area contributed by atoms with Crippen LogP contribution in [0.1, 0.15) is 16.8 Å². The summed E-state index contributed by atoms with van der Waals surface area (Å²) in [4.78, 5) is 14.9. The van der Waals surface area contributed by atoms with Crippen molar-refractivity contribution in [3.05, 3.63) is 78.4 Å². The molecule has 0 saturated carbocycles. The lowest BCUT2D eigenvalue weighted by atomic mass is 10.0. The lowest BCUT2D eigenvalue weighted by Crippen LogP contribution is -2.26. The van der Waals surface area contributed by atoms with E-state index in [1.54, 1.807) is 0 Å². The second kappa shape index (κ2) is 7.74. The van der Waals surface area contributed by atoms with Crippen LogP contribution in [-0.2, 0) is 0 Å². The molecule has 5 N–H and O–H groups in total. The molecule has 5 nitrogen and oxygen atoms in total. The fourth-order valence-electron chi connectivity index (χ4n) is 3.51. The van der Waals surface area contributed by atoms with Gasteiger partial charge in [0.1, 0.15) is 0 Å². The second-order valence-corrected chi connectivity index (χ2v) is 7.16. The summed E-state index contributed by atoms with van der Waals surface area (Å²) in [5.41, 5.74) is 17.0. The van der Waals surface area contributed by atoms with Gasteiger partial charge in [-0.1, -0.05) is 36.4 Å². The molecule has 5 heteroatoms. The van der Waals surface area contributed by atoms with Crippen molar-refractivity contribution in [1.29, 1.82) is 0 Å². The Morgan fingerprint density at radius 2 is 1.71 bits per heavy atom. The van der Waals surface area contributed by atoms with E-state index >= 15 is 0 Å². The Kier molecular flexibility index (Phi) is 5.00. The number of anilines is 3. The summed E-state index contributed by atoms with van der Waals surface area (Å²) in [6, 6.07) is 23.5. The number of amides is 1. The molecule has 1 heterocycles. The molecule has 28 heavy (non-hydrogen) atoms. The van der Waals surface area contributed by atoms with E-state index < -0.39 is 0 Å². The Labute approximate surface area is 165 Å². The van der Waals surface area contributed by atoms with Crippen molar-refractivity contribution in [3.63, 3.8) is 0 Å². The summed E-state index contributed by atoms with van der Waals surface area (Å²) in [5.74, 6) is -0.179. The van der Waals surface area contributed by atoms with Crippen molar-refractivity contribution in [2.45, 2.75) is 12.5 Å². The third-order valence-electron chi connectivity index (χ3n) is 5.13. The Morgan fingerprint density at radius 3 is 2.39 bits per heavy atom. The number of carbonyl (C=O) groups excluding carboxylic acids is 1. The van der Waals surface area contributed by atoms with Crippen molar-refractivity contribution in [2.75, 3.05) is 29.0 Å². The van der Waals surface area contributed by atoms with Crippen LogP contribution in [0.15, 0.2) is 72.8 Å². The zero-order valence-electron chi connectivity index (χ0n) is 15.6. The van der Waals surface area contributed by atoms with Gasteiger partial charge in [0.2, 0.25) is 0 Å². The number of nitrogens with one attached hydrogen (secondary N) is 1. The van der Waals surface area contributed by atoms with Gasteiger partial charge in [0, 0.05) is 30.4 Å². The quantitative estimate of drug-likeness (QED) is 0.609. The maximum Gasteiger partial charge on any atom is 0.255 e. The minimum absolute atomic E-state index is 0.179. The van der Waals surface area contributed by atoms with Crippen LogP contribution in [0.5, 0.6) is 0 Å². The number of benzene rings is 3. The highest BCUT2D eigenvalue weighted by molar-refractivity contribution is 6.06. The summed E-state index contributed by atoms with van der Waals surface area (Å²) < 4.78 is 0. The number of nitrogens with zero attached hydrogens (tertiary/aromatic N) is 1. The third-order valence-corrected chi connectivity index (χ3v) is 5.13. The lowest BCUT2D eigenvalue weighted by molar-refractivity contribution is 0.102. The molecular weight excluding hydrogens is 348 g/mol. The Morgan fingerprint density at radius 1 is 0.964 bits per heavy atom. The molecule has 0 unspecified atom stereocenters. The standard InChI is InChI=1S/C23H24N4O/c24-19-12-13-27(15-19)20-9-6-17(7-10-20)23(28)26-22-14-18(8-11-21(22)25)16-4-2-1-3-5-16/h1-11,14,19H,12-13,15,24-25H2,(H,26,28)/t19-/m1/s1. The van der Waals surface area contributed by atoms with Gasteiger partial charge in [-0.3, -0.25) is 4.79 Å². The van der Waals surface area contributed by atoms with Gasteiger partial charge < -0.3 is 21.7 Å². The average molecular weight is 372 g/mol. The molecule has 1 saturated heterocycles. The van der Waals surface area contributed by atoms with Gasteiger partial charge in [-0.2, -0.15) is 0 Å². The number of nitrogen functional groups attached to an aromatic ring is 1. The fourth-order valence-corrected chi connectivity index (χ4v) is 3.51. The highest BCUT2D eigenvalue weighted by atomic mass is 16.1. The smallest absolute Gasteiger partial charge is 0.255 e. The van der Waals surface area contributed by atoms with Crippen LogP contribution in [0.25, 0.3) is 11.1 Å². The van der Waals surface area contributed by atoms with Crippen molar-refractivity contribution in [3.8, 4) is 11.1 Å². The topological polar surface area (TPSA) is 84.4 Å². The molecule has 1 aliphatic rings. The van der Waals surface area contributed by atoms with Crippen LogP contribution in [0.3, 0.4) is 0 Å². The molecule has 3 aromatic carbocycles. The molecule has 1 fully saturated rings. The van der Waals surface area contributed by atoms with Crippen LogP contribution >= 0.6 is 0 Å². The molecule has 3 aromatic rings. The Hall–Kier alpha value is -3.31. The van der Waals surface area contributed by atoms with Crippen molar-refractivity contribution in [1.82, 2.24) is 0 Å². The highest BCUT2D eigenvalue weighted by Crippen LogP contribution is 2.28. The van der Waals surface area contributed by atoms with Crippen molar-refractivity contribution < 1.29 is 4.79 Å². The molecule has 1 amide bonds. The van der Waals surface area contributed by atoms with E-state index in [0.717, 1.165) is 36.3 Å². The van der Waals surface area contributed by atoms with E-state index in [0.29, 0.717) is 16.9 Å². The van der Waals surface area contributed by atoms with E-state index in [9.17, 15) is 4.79 Å². The molecule has 142 valence electrons. The first-order valence-corrected chi connectivity index (χ1v) is 9.47. The third kappa shape index (κ3) is 3.85. The van der Waals surface area contributed by atoms with Gasteiger partial charge in [0.15, 0.2) is 0 Å². The molecule has 0 spiro atoms. The van der Waals surface area contributed by atoms with E-state index in [2.05, 4.69) is 10.2 Å². The van der Waals surface area contributed by atoms with Gasteiger partial charge >= 0.3 is 0 Å². The Balaban J connectivity index is 1.50. The first kappa shape index (κ1) is 18.1. The normalized spacial score (nSPS) is 16.2. The van der Waals surface area contributed by atoms with Gasteiger partial charge in [0.05, 0.1) is 11.4 Å². The van der Waals surface area contributed by atoms with Crippen LogP contribution in [0.2, 0.25) is 0 Å². The number of rotatable bonds is 4. The van der Waals surface area contributed by atoms with Crippen molar-refractivity contribution in [2.24, 2.45) is 5.73 Å². The summed E-state index contributed by atoms with van der Waals surface area (Å²) in [6.07, 6.45) is 0.999. The van der Waals surface area contributed by atoms with Gasteiger partial charge in [0.25, 0.3) is 5.91 Å². The van der Waals surface area contributed by atoms with Gasteiger partial charge in [-0.25, -0.2) is 0 Å². The van der Waals surface area contributed by atoms with E-state index in [1.165, 1.54) is 0 Å². The molecule has 1 aliphatic heterocycles. The largest absolute Gasteiger partial charge is 0.397 e. The fraction of sp³-hybridized carbons (Fsp3) is 0.174. The molecule has 0 aliphatic carbocycles. The van der Waals surface area contributed by atoms with Crippen LogP contribution in [-0.4, -0.2) is 25.0 Å². The average Bonchev–Trinajstić information content (AvgIpc) is 3.17. The van der Waals surface area contributed by atoms with Crippen molar-refractivity contribution >= 4 is 23.0 Å². The summed E-state index contributed by atoms with van der Waals surface area (Å²) in [6.45, 7) is 1.81.